The molecule has 34 heavy (non-hydrogen) atoms. The fraction of sp³-hybridized carbons (Fsp3) is 0.462. The topological polar surface area (TPSA) is 112 Å². The Kier molecular flexibility index (Phi) is 6.52. The van der Waals surface area contributed by atoms with Crippen LogP contribution in [0.3, 0.4) is 0 Å². The Balaban J connectivity index is 1.64. The van der Waals surface area contributed by atoms with E-state index in [2.05, 4.69) is 0 Å². The van der Waals surface area contributed by atoms with E-state index in [0.717, 1.165) is 0 Å². The third-order valence-electron chi connectivity index (χ3n) is 6.10. The summed E-state index contributed by atoms with van der Waals surface area (Å²) < 4.78 is 24.9. The van der Waals surface area contributed by atoms with Crippen molar-refractivity contribution in [2.75, 3.05) is 0 Å². The Labute approximate surface area is 198 Å². The van der Waals surface area contributed by atoms with Crippen LogP contribution in [-0.2, 0) is 31.8 Å². The third-order valence-corrected chi connectivity index (χ3v) is 6.10. The van der Waals surface area contributed by atoms with E-state index in [1.807, 2.05) is 0 Å². The summed E-state index contributed by atoms with van der Waals surface area (Å²) in [5.41, 5.74) is 1.70. The lowest BCUT2D eigenvalue weighted by Gasteiger charge is -2.27. The van der Waals surface area contributed by atoms with E-state index in [-0.39, 0.29) is 11.1 Å². The average molecular weight is 471 g/mol. The first-order valence-electron chi connectivity index (χ1n) is 11.3. The lowest BCUT2D eigenvalue weighted by Crippen LogP contribution is -2.43. The molecule has 8 heteroatoms. The molecule has 2 heterocycles. The number of hydrogen-bond acceptors (Lipinski definition) is 6. The second-order valence-electron chi connectivity index (χ2n) is 9.61. The van der Waals surface area contributed by atoms with Crippen molar-refractivity contribution in [3.05, 3.63) is 70.8 Å². The second-order valence-corrected chi connectivity index (χ2v) is 9.61. The van der Waals surface area contributed by atoms with Gasteiger partial charge in [-0.2, -0.15) is 0 Å². The van der Waals surface area contributed by atoms with Gasteiger partial charge in [0.05, 0.1) is 23.3 Å². The van der Waals surface area contributed by atoms with Crippen LogP contribution in [0, 0.1) is 0 Å². The molecule has 0 unspecified atom stereocenters. The van der Waals surface area contributed by atoms with Gasteiger partial charge in [-0.05, 0) is 51.0 Å². The van der Waals surface area contributed by atoms with Crippen LogP contribution in [0.5, 0.6) is 0 Å². The normalized spacial score (nSPS) is 27.5. The molecule has 2 aliphatic rings. The molecule has 0 aliphatic carbocycles. The maximum atomic E-state index is 11.7. The van der Waals surface area contributed by atoms with Gasteiger partial charge in [0.15, 0.2) is 11.6 Å². The largest absolute Gasteiger partial charge is 0.478 e. The summed E-state index contributed by atoms with van der Waals surface area (Å²) in [6.45, 7) is 7.22. The summed E-state index contributed by atoms with van der Waals surface area (Å²) in [4.78, 5) is 23.4. The highest BCUT2D eigenvalue weighted by atomic mass is 16.8. The van der Waals surface area contributed by atoms with E-state index in [1.54, 1.807) is 76.2 Å². The Hall–Kier alpha value is -2.78. The number of carboxylic acids is 2. The molecular weight excluding hydrogens is 440 g/mol. The number of hydrogen-bond donors (Lipinski definition) is 2. The Bertz CT molecular complexity index is 990. The van der Waals surface area contributed by atoms with Gasteiger partial charge in [-0.3, -0.25) is 0 Å². The Morgan fingerprint density at radius 3 is 1.38 bits per heavy atom. The SMILES string of the molecule is CC1(C)O[C@@H]([C@@H]2OC(C)(C)O[C@@H]2Cc2ccccc2C(=O)O)[C@@H](Cc2ccccc2C(=O)O)O1. The van der Waals surface area contributed by atoms with Crippen LogP contribution in [-0.4, -0.2) is 58.1 Å². The highest BCUT2D eigenvalue weighted by molar-refractivity contribution is 5.89. The summed E-state index contributed by atoms with van der Waals surface area (Å²) in [5, 5.41) is 19.2. The Morgan fingerprint density at radius 1 is 0.676 bits per heavy atom. The van der Waals surface area contributed by atoms with Crippen molar-refractivity contribution in [3.8, 4) is 0 Å². The molecule has 2 aromatic rings. The summed E-state index contributed by atoms with van der Waals surface area (Å²) in [5.74, 6) is -3.83. The van der Waals surface area contributed by atoms with Crippen molar-refractivity contribution in [3.63, 3.8) is 0 Å². The summed E-state index contributed by atoms with van der Waals surface area (Å²) >= 11 is 0. The third kappa shape index (κ3) is 5.15. The highest BCUT2D eigenvalue weighted by Crippen LogP contribution is 2.40. The van der Waals surface area contributed by atoms with Gasteiger partial charge in [-0.1, -0.05) is 36.4 Å². The van der Waals surface area contributed by atoms with Crippen LogP contribution >= 0.6 is 0 Å². The number of benzene rings is 2. The van der Waals surface area contributed by atoms with Crippen LogP contribution in [0.25, 0.3) is 0 Å². The van der Waals surface area contributed by atoms with E-state index in [0.29, 0.717) is 24.0 Å². The highest BCUT2D eigenvalue weighted by Gasteiger charge is 2.53. The zero-order valence-corrected chi connectivity index (χ0v) is 19.7. The molecule has 0 amide bonds. The molecule has 2 aliphatic heterocycles. The van der Waals surface area contributed by atoms with Crippen molar-refractivity contribution >= 4 is 11.9 Å². The van der Waals surface area contributed by atoms with Crippen LogP contribution < -0.4 is 0 Å². The number of ether oxygens (including phenoxy) is 4. The van der Waals surface area contributed by atoms with Crippen LogP contribution in [0.15, 0.2) is 48.5 Å². The van der Waals surface area contributed by atoms with E-state index < -0.39 is 47.9 Å². The van der Waals surface area contributed by atoms with Crippen molar-refractivity contribution in [1.82, 2.24) is 0 Å². The van der Waals surface area contributed by atoms with Gasteiger partial charge < -0.3 is 29.2 Å². The van der Waals surface area contributed by atoms with Gasteiger partial charge in [-0.15, -0.1) is 0 Å². The van der Waals surface area contributed by atoms with Gasteiger partial charge in [-0.25, -0.2) is 9.59 Å². The van der Waals surface area contributed by atoms with Gasteiger partial charge in [0.2, 0.25) is 0 Å². The fourth-order valence-corrected chi connectivity index (χ4v) is 4.85. The van der Waals surface area contributed by atoms with Gasteiger partial charge >= 0.3 is 11.9 Å². The lowest BCUT2D eigenvalue weighted by molar-refractivity contribution is -0.175. The first-order chi connectivity index (χ1) is 16.0. The zero-order valence-electron chi connectivity index (χ0n) is 19.7. The molecule has 0 saturated carbocycles. The van der Waals surface area contributed by atoms with Crippen molar-refractivity contribution in [2.45, 2.75) is 76.5 Å². The van der Waals surface area contributed by atoms with Gasteiger partial charge in [0.1, 0.15) is 12.2 Å². The monoisotopic (exact) mass is 470 g/mol. The number of aromatic carboxylic acids is 2. The molecule has 2 fully saturated rings. The summed E-state index contributed by atoms with van der Waals surface area (Å²) in [6, 6.07) is 13.6. The van der Waals surface area contributed by atoms with Gasteiger partial charge in [0.25, 0.3) is 0 Å². The molecule has 0 radical (unpaired) electrons. The molecule has 2 saturated heterocycles. The quantitative estimate of drug-likeness (QED) is 0.627. The summed E-state index contributed by atoms with van der Waals surface area (Å²) in [7, 11) is 0. The van der Waals surface area contributed by atoms with Gasteiger partial charge in [0, 0.05) is 12.8 Å². The lowest BCUT2D eigenvalue weighted by atomic mass is 9.92. The predicted molar refractivity (Wildman–Crippen MR) is 122 cm³/mol. The van der Waals surface area contributed by atoms with E-state index in [9.17, 15) is 19.8 Å². The molecule has 0 aromatic heterocycles. The van der Waals surface area contributed by atoms with Crippen LogP contribution in [0.2, 0.25) is 0 Å². The zero-order chi connectivity index (χ0) is 24.7. The van der Waals surface area contributed by atoms with Crippen molar-refractivity contribution < 1.29 is 38.7 Å². The maximum Gasteiger partial charge on any atom is 0.335 e. The Morgan fingerprint density at radius 2 is 1.03 bits per heavy atom. The number of carboxylic acid groups (broad SMARTS) is 2. The van der Waals surface area contributed by atoms with E-state index in [1.165, 1.54) is 0 Å². The smallest absolute Gasteiger partial charge is 0.335 e. The maximum absolute atomic E-state index is 11.7. The van der Waals surface area contributed by atoms with Crippen LogP contribution in [0.1, 0.15) is 59.5 Å². The molecule has 4 atom stereocenters. The molecule has 2 N–H and O–H groups in total. The fourth-order valence-electron chi connectivity index (χ4n) is 4.85. The first-order valence-corrected chi connectivity index (χ1v) is 11.3. The molecule has 0 spiro atoms. The molecular formula is C26H30O8. The van der Waals surface area contributed by atoms with Crippen molar-refractivity contribution in [2.24, 2.45) is 0 Å². The molecule has 2 aromatic carbocycles. The van der Waals surface area contributed by atoms with E-state index in [4.69, 9.17) is 18.9 Å². The minimum absolute atomic E-state index is 0.213. The molecule has 182 valence electrons. The summed E-state index contributed by atoms with van der Waals surface area (Å²) in [6.07, 6.45) is -1.46. The molecule has 8 nitrogen and oxygen atoms in total. The number of rotatable bonds is 7. The number of carbonyl (C=O) groups is 2. The minimum atomic E-state index is -1.00. The first kappa shape index (κ1) is 24.3. The molecule has 0 bridgehead atoms. The standard InChI is InChI=1S/C26H30O8/c1-25(2)31-19(13-15-9-5-7-11-17(15)23(27)28)21(33-25)22-20(32-26(3,4)34-22)14-16-10-6-8-12-18(16)24(29)30/h5-12,19-22H,13-14H2,1-4H3,(H,27,28)(H,29,30)/t19-,20-,21-,22-/m1/s1. The predicted octanol–water partition coefficient (Wildman–Crippen LogP) is 3.91. The average Bonchev–Trinajstić information content (AvgIpc) is 3.22. The molecule has 4 rings (SSSR count). The second kappa shape index (κ2) is 9.11. The van der Waals surface area contributed by atoms with Crippen LogP contribution in [0.4, 0.5) is 0 Å². The van der Waals surface area contributed by atoms with Crippen molar-refractivity contribution in [1.29, 1.82) is 0 Å². The van der Waals surface area contributed by atoms with E-state index >= 15 is 0 Å². The minimum Gasteiger partial charge on any atom is -0.478 e.